The minimum absolute atomic E-state index is 0.0996. The van der Waals surface area contributed by atoms with Crippen LogP contribution in [0.25, 0.3) is 0 Å². The fraction of sp³-hybridized carbons (Fsp3) is 0.636. The largest absolute Gasteiger partial charge is 0.496 e. The van der Waals surface area contributed by atoms with E-state index in [-0.39, 0.29) is 11.9 Å². The molecule has 1 saturated heterocycles. The third-order valence-electron chi connectivity index (χ3n) is 4.96. The molecule has 162 valence electrons. The van der Waals surface area contributed by atoms with Crippen molar-refractivity contribution in [1.29, 1.82) is 0 Å². The zero-order valence-electron chi connectivity index (χ0n) is 18.6. The average molecular weight is 404 g/mol. The molecule has 0 saturated carbocycles. The Morgan fingerprint density at radius 1 is 1.24 bits per heavy atom. The number of nitrogens with zero attached hydrogens (tertiary/aromatic N) is 3. The number of hydrogen-bond acceptors (Lipinski definition) is 4. The van der Waals surface area contributed by atoms with E-state index in [1.165, 1.54) is 5.56 Å². The quantitative estimate of drug-likeness (QED) is 0.510. The topological polar surface area (TPSA) is 69.2 Å². The fourth-order valence-corrected chi connectivity index (χ4v) is 3.43. The maximum Gasteiger partial charge on any atom is 0.234 e. The van der Waals surface area contributed by atoms with Crippen LogP contribution in [0, 0.1) is 6.92 Å². The standard InChI is InChI=1S/C22H37N5O2/c1-6-23-22(24-10-9-19-8-7-18(4)20(15-19)29-5)27-13-11-26(12-14-27)16-21(28)25-17(2)3/h7-8,15,17H,6,9-14,16H2,1-5H3,(H,23,24)(H,25,28). The molecule has 0 unspecified atom stereocenters. The molecule has 1 heterocycles. The van der Waals surface area contributed by atoms with Crippen molar-refractivity contribution in [3.05, 3.63) is 29.3 Å². The van der Waals surface area contributed by atoms with Crippen LogP contribution in [-0.2, 0) is 11.2 Å². The molecule has 0 atom stereocenters. The Morgan fingerprint density at radius 2 is 1.97 bits per heavy atom. The van der Waals surface area contributed by atoms with Crippen molar-refractivity contribution >= 4 is 11.9 Å². The van der Waals surface area contributed by atoms with E-state index in [9.17, 15) is 4.79 Å². The van der Waals surface area contributed by atoms with E-state index in [0.29, 0.717) is 6.54 Å². The minimum Gasteiger partial charge on any atom is -0.496 e. The number of piperazine rings is 1. The number of methoxy groups -OCH3 is 1. The number of benzene rings is 1. The summed E-state index contributed by atoms with van der Waals surface area (Å²) in [6.07, 6.45) is 0.876. The number of nitrogens with one attached hydrogen (secondary N) is 2. The van der Waals surface area contributed by atoms with Gasteiger partial charge in [-0.25, -0.2) is 0 Å². The van der Waals surface area contributed by atoms with Gasteiger partial charge in [0.1, 0.15) is 5.75 Å². The predicted octanol–water partition coefficient (Wildman–Crippen LogP) is 1.65. The maximum atomic E-state index is 12.0. The second-order valence-electron chi connectivity index (χ2n) is 7.78. The Hall–Kier alpha value is -2.28. The molecule has 0 spiro atoms. The monoisotopic (exact) mass is 403 g/mol. The number of aryl methyl sites for hydroxylation is 1. The highest BCUT2D eigenvalue weighted by Crippen LogP contribution is 2.19. The van der Waals surface area contributed by atoms with E-state index >= 15 is 0 Å². The number of carbonyl (C=O) groups is 1. The van der Waals surface area contributed by atoms with Crippen LogP contribution in [0.4, 0.5) is 0 Å². The molecule has 2 N–H and O–H groups in total. The first-order valence-electron chi connectivity index (χ1n) is 10.6. The predicted molar refractivity (Wildman–Crippen MR) is 119 cm³/mol. The first-order valence-corrected chi connectivity index (χ1v) is 10.6. The van der Waals surface area contributed by atoms with E-state index in [0.717, 1.165) is 63.0 Å². The lowest BCUT2D eigenvalue weighted by atomic mass is 10.1. The van der Waals surface area contributed by atoms with Gasteiger partial charge in [-0.1, -0.05) is 12.1 Å². The minimum atomic E-state index is 0.0996. The SMILES string of the molecule is CCNC(=NCCc1ccc(C)c(OC)c1)N1CCN(CC(=O)NC(C)C)CC1. The second-order valence-corrected chi connectivity index (χ2v) is 7.78. The molecular weight excluding hydrogens is 366 g/mol. The summed E-state index contributed by atoms with van der Waals surface area (Å²) < 4.78 is 5.42. The van der Waals surface area contributed by atoms with Gasteiger partial charge in [0.2, 0.25) is 5.91 Å². The molecule has 1 aromatic carbocycles. The van der Waals surface area contributed by atoms with Crippen molar-refractivity contribution in [3.8, 4) is 5.75 Å². The molecule has 0 radical (unpaired) electrons. The lowest BCUT2D eigenvalue weighted by Crippen LogP contribution is -2.54. The Labute approximate surface area is 175 Å². The number of ether oxygens (including phenoxy) is 1. The van der Waals surface area contributed by atoms with Gasteiger partial charge in [-0.3, -0.25) is 14.7 Å². The molecule has 1 aliphatic rings. The molecule has 0 bridgehead atoms. The fourth-order valence-electron chi connectivity index (χ4n) is 3.43. The number of guanidine groups is 1. The summed E-state index contributed by atoms with van der Waals surface area (Å²) in [5.74, 6) is 1.98. The zero-order valence-corrected chi connectivity index (χ0v) is 18.6. The lowest BCUT2D eigenvalue weighted by molar-refractivity contribution is -0.123. The third kappa shape index (κ3) is 7.57. The molecule has 7 heteroatoms. The van der Waals surface area contributed by atoms with Gasteiger partial charge < -0.3 is 20.3 Å². The highest BCUT2D eigenvalue weighted by Gasteiger charge is 2.21. The van der Waals surface area contributed by atoms with Crippen LogP contribution >= 0.6 is 0 Å². The highest BCUT2D eigenvalue weighted by atomic mass is 16.5. The van der Waals surface area contributed by atoms with Crippen LogP contribution in [0.5, 0.6) is 5.75 Å². The zero-order chi connectivity index (χ0) is 21.2. The summed E-state index contributed by atoms with van der Waals surface area (Å²) in [5.41, 5.74) is 2.38. The van der Waals surface area contributed by atoms with Crippen LogP contribution in [0.1, 0.15) is 31.9 Å². The number of rotatable bonds is 8. The van der Waals surface area contributed by atoms with Gasteiger partial charge in [0.15, 0.2) is 5.96 Å². The molecule has 1 aliphatic heterocycles. The molecule has 1 amide bonds. The van der Waals surface area contributed by atoms with E-state index in [1.807, 2.05) is 13.8 Å². The normalized spacial score (nSPS) is 15.5. The number of amides is 1. The summed E-state index contributed by atoms with van der Waals surface area (Å²) in [7, 11) is 1.71. The van der Waals surface area contributed by atoms with Crippen LogP contribution < -0.4 is 15.4 Å². The summed E-state index contributed by atoms with van der Waals surface area (Å²) in [6.45, 7) is 13.6. The molecule has 1 aromatic rings. The average Bonchev–Trinajstić information content (AvgIpc) is 2.68. The van der Waals surface area contributed by atoms with Gasteiger partial charge in [0.25, 0.3) is 0 Å². The van der Waals surface area contributed by atoms with Crippen molar-refractivity contribution in [3.63, 3.8) is 0 Å². The van der Waals surface area contributed by atoms with Crippen LogP contribution in [-0.4, -0.2) is 80.6 Å². The van der Waals surface area contributed by atoms with Crippen molar-refractivity contribution in [2.45, 2.75) is 40.2 Å². The van der Waals surface area contributed by atoms with Crippen molar-refractivity contribution in [2.75, 3.05) is 52.9 Å². The molecule has 29 heavy (non-hydrogen) atoms. The van der Waals surface area contributed by atoms with E-state index in [1.54, 1.807) is 7.11 Å². The molecule has 1 fully saturated rings. The summed E-state index contributed by atoms with van der Waals surface area (Å²) in [4.78, 5) is 21.3. The second kappa shape index (κ2) is 11.7. The van der Waals surface area contributed by atoms with E-state index in [2.05, 4.69) is 52.5 Å². The Balaban J connectivity index is 1.87. The smallest absolute Gasteiger partial charge is 0.234 e. The van der Waals surface area contributed by atoms with Crippen LogP contribution in [0.2, 0.25) is 0 Å². The van der Waals surface area contributed by atoms with Gasteiger partial charge in [0, 0.05) is 45.3 Å². The highest BCUT2D eigenvalue weighted by molar-refractivity contribution is 5.80. The van der Waals surface area contributed by atoms with Crippen LogP contribution in [0.3, 0.4) is 0 Å². The van der Waals surface area contributed by atoms with Crippen molar-refractivity contribution < 1.29 is 9.53 Å². The molecule has 2 rings (SSSR count). The Kier molecular flexibility index (Phi) is 9.25. The van der Waals surface area contributed by atoms with Crippen LogP contribution in [0.15, 0.2) is 23.2 Å². The van der Waals surface area contributed by atoms with Gasteiger partial charge in [-0.2, -0.15) is 0 Å². The Morgan fingerprint density at radius 3 is 2.59 bits per heavy atom. The lowest BCUT2D eigenvalue weighted by Gasteiger charge is -2.36. The van der Waals surface area contributed by atoms with E-state index in [4.69, 9.17) is 9.73 Å². The van der Waals surface area contributed by atoms with Gasteiger partial charge in [-0.15, -0.1) is 0 Å². The molecule has 0 aromatic heterocycles. The summed E-state index contributed by atoms with van der Waals surface area (Å²) >= 11 is 0. The van der Waals surface area contributed by atoms with E-state index < -0.39 is 0 Å². The number of carbonyl (C=O) groups excluding carboxylic acids is 1. The molecular formula is C22H37N5O2. The third-order valence-corrected chi connectivity index (χ3v) is 4.96. The summed E-state index contributed by atoms with van der Waals surface area (Å²) in [6, 6.07) is 6.52. The first kappa shape index (κ1) is 23.0. The number of hydrogen-bond donors (Lipinski definition) is 2. The molecule has 0 aliphatic carbocycles. The summed E-state index contributed by atoms with van der Waals surface area (Å²) in [5, 5.41) is 6.37. The van der Waals surface area contributed by atoms with Gasteiger partial charge in [-0.05, 0) is 51.3 Å². The first-order chi connectivity index (χ1) is 13.9. The van der Waals surface area contributed by atoms with Crippen molar-refractivity contribution in [2.24, 2.45) is 4.99 Å². The molecule has 7 nitrogen and oxygen atoms in total. The van der Waals surface area contributed by atoms with Gasteiger partial charge >= 0.3 is 0 Å². The van der Waals surface area contributed by atoms with Crippen molar-refractivity contribution in [1.82, 2.24) is 20.4 Å². The Bertz CT molecular complexity index is 682. The maximum absolute atomic E-state index is 12.0. The van der Waals surface area contributed by atoms with Gasteiger partial charge in [0.05, 0.1) is 13.7 Å². The number of aliphatic imine (C=N–C) groups is 1.